The van der Waals surface area contributed by atoms with Gasteiger partial charge in [-0.2, -0.15) is 0 Å². The molecule has 104 valence electrons. The minimum atomic E-state index is -0.208. The molecule has 0 saturated heterocycles. The second-order valence-corrected chi connectivity index (χ2v) is 6.19. The van der Waals surface area contributed by atoms with E-state index in [0.717, 1.165) is 21.3 Å². The Bertz CT molecular complexity index is 496. The highest BCUT2D eigenvalue weighted by Crippen LogP contribution is 2.20. The van der Waals surface area contributed by atoms with Crippen LogP contribution in [-0.2, 0) is 0 Å². The van der Waals surface area contributed by atoms with Crippen molar-refractivity contribution in [3.05, 3.63) is 72.3 Å². The van der Waals surface area contributed by atoms with E-state index in [9.17, 15) is 8.78 Å². The fraction of sp³-hybridized carbons (Fsp3) is 0.125. The van der Waals surface area contributed by atoms with Crippen LogP contribution in [-0.4, -0.2) is 11.5 Å². The summed E-state index contributed by atoms with van der Waals surface area (Å²) in [5.74, 6) is 1.30. The number of halogens is 2. The van der Waals surface area contributed by atoms with Crippen LogP contribution >= 0.6 is 23.5 Å². The van der Waals surface area contributed by atoms with Gasteiger partial charge in [-0.25, -0.2) is 8.78 Å². The van der Waals surface area contributed by atoms with Crippen molar-refractivity contribution in [2.45, 2.75) is 9.79 Å². The first-order chi connectivity index (χ1) is 9.74. The van der Waals surface area contributed by atoms with Gasteiger partial charge < -0.3 is 0 Å². The lowest BCUT2D eigenvalue weighted by Crippen LogP contribution is -1.78. The standard InChI is InChI=1S/C16H14F2S2/c17-13-3-7-15(8-4-13)19-11-1-2-12-20-16-9-5-14(18)6-10-16/h1-10H,11-12H2/b2-1-. The molecule has 0 spiro atoms. The van der Waals surface area contributed by atoms with E-state index in [1.165, 1.54) is 24.3 Å². The minimum absolute atomic E-state index is 0.208. The van der Waals surface area contributed by atoms with Crippen molar-refractivity contribution in [2.75, 3.05) is 11.5 Å². The van der Waals surface area contributed by atoms with Crippen molar-refractivity contribution in [2.24, 2.45) is 0 Å². The summed E-state index contributed by atoms with van der Waals surface area (Å²) < 4.78 is 25.4. The highest BCUT2D eigenvalue weighted by Gasteiger charge is 1.94. The number of hydrogen-bond acceptors (Lipinski definition) is 2. The van der Waals surface area contributed by atoms with Gasteiger partial charge >= 0.3 is 0 Å². The van der Waals surface area contributed by atoms with Crippen molar-refractivity contribution in [3.8, 4) is 0 Å². The maximum atomic E-state index is 12.7. The zero-order chi connectivity index (χ0) is 14.2. The Morgan fingerprint density at radius 2 is 1.00 bits per heavy atom. The first-order valence-electron chi connectivity index (χ1n) is 6.16. The summed E-state index contributed by atoms with van der Waals surface area (Å²) in [6.45, 7) is 0. The Balaban J connectivity index is 1.67. The van der Waals surface area contributed by atoms with E-state index in [1.54, 1.807) is 47.8 Å². The molecule has 2 aromatic rings. The van der Waals surface area contributed by atoms with Crippen LogP contribution in [0.4, 0.5) is 8.78 Å². The number of thioether (sulfide) groups is 2. The summed E-state index contributed by atoms with van der Waals surface area (Å²) in [5, 5.41) is 0. The predicted molar refractivity (Wildman–Crippen MR) is 83.4 cm³/mol. The van der Waals surface area contributed by atoms with Gasteiger partial charge in [-0.05, 0) is 48.5 Å². The number of hydrogen-bond donors (Lipinski definition) is 0. The Hall–Kier alpha value is -1.26. The van der Waals surface area contributed by atoms with E-state index in [0.29, 0.717) is 0 Å². The molecule has 20 heavy (non-hydrogen) atoms. The third-order valence-electron chi connectivity index (χ3n) is 2.49. The van der Waals surface area contributed by atoms with Crippen LogP contribution in [0.15, 0.2) is 70.5 Å². The number of benzene rings is 2. The molecule has 0 aliphatic heterocycles. The molecule has 0 fully saturated rings. The average Bonchev–Trinajstić information content (AvgIpc) is 2.46. The van der Waals surface area contributed by atoms with Gasteiger partial charge in [0.25, 0.3) is 0 Å². The second-order valence-electron chi connectivity index (χ2n) is 4.00. The lowest BCUT2D eigenvalue weighted by atomic mass is 10.4. The molecule has 0 aliphatic carbocycles. The Labute approximate surface area is 126 Å². The molecule has 0 bridgehead atoms. The summed E-state index contributed by atoms with van der Waals surface area (Å²) in [6.07, 6.45) is 4.18. The maximum absolute atomic E-state index is 12.7. The zero-order valence-corrected chi connectivity index (χ0v) is 12.4. The highest BCUT2D eigenvalue weighted by molar-refractivity contribution is 7.99. The summed E-state index contributed by atoms with van der Waals surface area (Å²) in [6, 6.07) is 13.0. The second kappa shape index (κ2) is 8.12. The molecule has 0 nitrogen and oxygen atoms in total. The van der Waals surface area contributed by atoms with Gasteiger partial charge in [-0.15, -0.1) is 23.5 Å². The third kappa shape index (κ3) is 5.39. The molecule has 0 amide bonds. The predicted octanol–water partition coefficient (Wildman–Crippen LogP) is 5.41. The topological polar surface area (TPSA) is 0 Å². The van der Waals surface area contributed by atoms with Gasteiger partial charge in [0.2, 0.25) is 0 Å². The third-order valence-corrected chi connectivity index (χ3v) is 4.42. The van der Waals surface area contributed by atoms with Gasteiger partial charge in [-0.1, -0.05) is 12.2 Å². The van der Waals surface area contributed by atoms with E-state index in [2.05, 4.69) is 12.2 Å². The van der Waals surface area contributed by atoms with Gasteiger partial charge in [0.05, 0.1) is 0 Å². The van der Waals surface area contributed by atoms with Gasteiger partial charge in [0.15, 0.2) is 0 Å². The molecule has 0 radical (unpaired) electrons. The summed E-state index contributed by atoms with van der Waals surface area (Å²) >= 11 is 3.33. The normalized spacial score (nSPS) is 11.1. The average molecular weight is 308 g/mol. The van der Waals surface area contributed by atoms with Gasteiger partial charge in [0, 0.05) is 21.3 Å². The van der Waals surface area contributed by atoms with Crippen molar-refractivity contribution in [1.82, 2.24) is 0 Å². The minimum Gasteiger partial charge on any atom is -0.207 e. The molecule has 0 aliphatic rings. The van der Waals surface area contributed by atoms with E-state index < -0.39 is 0 Å². The van der Waals surface area contributed by atoms with Gasteiger partial charge in [0.1, 0.15) is 11.6 Å². The van der Waals surface area contributed by atoms with Crippen LogP contribution in [0.25, 0.3) is 0 Å². The molecule has 0 heterocycles. The Morgan fingerprint density at radius 1 is 0.650 bits per heavy atom. The van der Waals surface area contributed by atoms with Crippen LogP contribution in [0, 0.1) is 11.6 Å². The first-order valence-corrected chi connectivity index (χ1v) is 8.13. The SMILES string of the molecule is Fc1ccc(SC/C=C\CSc2ccc(F)cc2)cc1. The molecule has 0 unspecified atom stereocenters. The summed E-state index contributed by atoms with van der Waals surface area (Å²) in [4.78, 5) is 2.12. The van der Waals surface area contributed by atoms with Crippen LogP contribution in [0.1, 0.15) is 0 Å². The van der Waals surface area contributed by atoms with E-state index in [4.69, 9.17) is 0 Å². The Morgan fingerprint density at radius 3 is 1.35 bits per heavy atom. The van der Waals surface area contributed by atoms with Crippen LogP contribution in [0.5, 0.6) is 0 Å². The quantitative estimate of drug-likeness (QED) is 0.517. The lowest BCUT2D eigenvalue weighted by Gasteiger charge is -1.98. The molecular formula is C16H14F2S2. The molecule has 0 atom stereocenters. The van der Waals surface area contributed by atoms with E-state index in [1.807, 2.05) is 0 Å². The molecule has 2 aromatic carbocycles. The van der Waals surface area contributed by atoms with E-state index in [-0.39, 0.29) is 11.6 Å². The van der Waals surface area contributed by atoms with E-state index >= 15 is 0 Å². The fourth-order valence-electron chi connectivity index (χ4n) is 1.49. The van der Waals surface area contributed by atoms with Crippen LogP contribution < -0.4 is 0 Å². The van der Waals surface area contributed by atoms with Crippen molar-refractivity contribution >= 4 is 23.5 Å². The largest absolute Gasteiger partial charge is 0.207 e. The summed E-state index contributed by atoms with van der Waals surface area (Å²) in [5.41, 5.74) is 0. The fourth-order valence-corrected chi connectivity index (χ4v) is 2.99. The van der Waals surface area contributed by atoms with Gasteiger partial charge in [-0.3, -0.25) is 0 Å². The number of rotatable bonds is 6. The van der Waals surface area contributed by atoms with Crippen LogP contribution in [0.3, 0.4) is 0 Å². The van der Waals surface area contributed by atoms with Crippen LogP contribution in [0.2, 0.25) is 0 Å². The zero-order valence-electron chi connectivity index (χ0n) is 10.8. The Kier molecular flexibility index (Phi) is 6.15. The maximum Gasteiger partial charge on any atom is 0.123 e. The first kappa shape index (κ1) is 15.1. The van der Waals surface area contributed by atoms with Crippen molar-refractivity contribution in [1.29, 1.82) is 0 Å². The molecule has 2 rings (SSSR count). The highest BCUT2D eigenvalue weighted by atomic mass is 32.2. The molecule has 0 aromatic heterocycles. The van der Waals surface area contributed by atoms with Crippen molar-refractivity contribution in [3.63, 3.8) is 0 Å². The lowest BCUT2D eigenvalue weighted by molar-refractivity contribution is 0.626. The molecule has 0 saturated carbocycles. The monoisotopic (exact) mass is 308 g/mol. The molecule has 0 N–H and O–H groups in total. The molecule has 4 heteroatoms. The molecular weight excluding hydrogens is 294 g/mol. The summed E-state index contributed by atoms with van der Waals surface area (Å²) in [7, 11) is 0. The van der Waals surface area contributed by atoms with Crippen molar-refractivity contribution < 1.29 is 8.78 Å². The smallest absolute Gasteiger partial charge is 0.123 e.